The van der Waals surface area contributed by atoms with Crippen molar-refractivity contribution in [2.75, 3.05) is 6.67 Å². The van der Waals surface area contributed by atoms with Crippen LogP contribution < -0.4 is 5.84 Å². The lowest BCUT2D eigenvalue weighted by Gasteiger charge is -2.10. The molecule has 1 aliphatic heterocycles. The van der Waals surface area contributed by atoms with Crippen LogP contribution in [-0.2, 0) is 0 Å². The molecule has 0 aromatic heterocycles. The van der Waals surface area contributed by atoms with Crippen molar-refractivity contribution >= 4 is 6.21 Å². The van der Waals surface area contributed by atoms with E-state index in [1.165, 1.54) is 5.01 Å². The minimum absolute atomic E-state index is 0.549. The highest BCUT2D eigenvalue weighted by Gasteiger charge is 1.88. The number of allylic oxidation sites excluding steroid dienone is 1. The molecule has 1 rings (SSSR count). The molecule has 0 amide bonds. The second-order valence-electron chi connectivity index (χ2n) is 1.26. The third-order valence-corrected chi connectivity index (χ3v) is 0.651. The highest BCUT2D eigenvalue weighted by atomic mass is 15.4. The molecule has 0 fully saturated rings. The first-order valence-electron chi connectivity index (χ1n) is 1.98. The number of rotatable bonds is 0. The van der Waals surface area contributed by atoms with Crippen LogP contribution in [0.25, 0.3) is 0 Å². The van der Waals surface area contributed by atoms with E-state index in [-0.39, 0.29) is 0 Å². The van der Waals surface area contributed by atoms with Crippen LogP contribution in [0, 0.1) is 6.08 Å². The Kier molecular flexibility index (Phi) is 1.08. The maximum Gasteiger partial charge on any atom is 0.123 e. The minimum Gasteiger partial charge on any atom is -0.296 e. The molecule has 2 N–H and O–H groups in total. The maximum absolute atomic E-state index is 5.24. The van der Waals surface area contributed by atoms with Crippen LogP contribution in [0.1, 0.15) is 0 Å². The normalized spacial score (nSPS) is 18.1. The van der Waals surface area contributed by atoms with Gasteiger partial charge in [0.25, 0.3) is 0 Å². The van der Waals surface area contributed by atoms with Gasteiger partial charge in [-0.1, -0.05) is 0 Å². The molecule has 0 aromatic carbocycles. The lowest BCUT2D eigenvalue weighted by molar-refractivity contribution is 0.404. The van der Waals surface area contributed by atoms with Gasteiger partial charge in [-0.3, -0.25) is 10.0 Å². The van der Waals surface area contributed by atoms with Crippen LogP contribution in [-0.4, -0.2) is 17.9 Å². The van der Waals surface area contributed by atoms with Gasteiger partial charge < -0.3 is 0 Å². The first-order valence-corrected chi connectivity index (χ1v) is 1.98. The Morgan fingerprint density at radius 2 is 2.71 bits per heavy atom. The fraction of sp³-hybridized carbons (Fsp3) is 0.250. The molecule has 3 heteroatoms. The van der Waals surface area contributed by atoms with Gasteiger partial charge in [-0.05, 0) is 0 Å². The number of aliphatic imine (C=N–C) groups is 1. The first-order chi connectivity index (χ1) is 3.39. The van der Waals surface area contributed by atoms with Gasteiger partial charge in [0.05, 0.1) is 0 Å². The van der Waals surface area contributed by atoms with E-state index in [1.807, 2.05) is 0 Å². The quantitative estimate of drug-likeness (QED) is 0.414. The Morgan fingerprint density at radius 3 is 3.00 bits per heavy atom. The van der Waals surface area contributed by atoms with Crippen molar-refractivity contribution in [1.29, 1.82) is 0 Å². The number of hydrazine groups is 1. The van der Waals surface area contributed by atoms with Crippen molar-refractivity contribution in [3.63, 3.8) is 0 Å². The molecule has 0 spiro atoms. The molecule has 1 heterocycles. The molecule has 0 atom stereocenters. The molecular formula is C4H6N3. The van der Waals surface area contributed by atoms with E-state index < -0.39 is 0 Å². The van der Waals surface area contributed by atoms with Crippen LogP contribution in [0.15, 0.2) is 11.2 Å². The molecule has 3 nitrogen and oxygen atoms in total. The summed E-state index contributed by atoms with van der Waals surface area (Å²) < 4.78 is 0. The zero-order valence-electron chi connectivity index (χ0n) is 3.83. The number of nitrogens with two attached hydrogens (primary N) is 1. The van der Waals surface area contributed by atoms with Crippen molar-refractivity contribution in [3.05, 3.63) is 12.3 Å². The number of nitrogens with zero attached hydrogens (tertiary/aromatic N) is 2. The smallest absolute Gasteiger partial charge is 0.123 e. The monoisotopic (exact) mass is 96.1 g/mol. The molecule has 0 unspecified atom stereocenters. The summed E-state index contributed by atoms with van der Waals surface area (Å²) in [7, 11) is 0. The van der Waals surface area contributed by atoms with Gasteiger partial charge in [0.15, 0.2) is 0 Å². The number of hydrogen-bond acceptors (Lipinski definition) is 3. The molecule has 0 saturated heterocycles. The second-order valence-corrected chi connectivity index (χ2v) is 1.26. The van der Waals surface area contributed by atoms with Crippen LogP contribution in [0.5, 0.6) is 0 Å². The summed E-state index contributed by atoms with van der Waals surface area (Å²) in [4.78, 5) is 3.79. The zero-order chi connectivity index (χ0) is 5.11. The highest BCUT2D eigenvalue weighted by Crippen LogP contribution is 1.83. The summed E-state index contributed by atoms with van der Waals surface area (Å²) >= 11 is 0. The average Bonchev–Trinajstić information content (AvgIpc) is 1.69. The molecular weight excluding hydrogens is 90.1 g/mol. The molecule has 0 saturated carbocycles. The Hall–Kier alpha value is -0.830. The summed E-state index contributed by atoms with van der Waals surface area (Å²) in [6, 6.07) is 0. The third kappa shape index (κ3) is 1.01. The Bertz CT molecular complexity index is 106. The molecule has 0 aliphatic carbocycles. The van der Waals surface area contributed by atoms with Crippen LogP contribution in [0.2, 0.25) is 0 Å². The van der Waals surface area contributed by atoms with Gasteiger partial charge in [-0.2, -0.15) is 0 Å². The standard InChI is InChI=1S/C4H6N3/c5-7-3-1-2-6-4-7/h2-3H,4-5H2. The fourth-order valence-electron chi connectivity index (χ4n) is 0.358. The van der Waals surface area contributed by atoms with Crippen molar-refractivity contribution < 1.29 is 0 Å². The fourth-order valence-corrected chi connectivity index (χ4v) is 0.358. The Balaban J connectivity index is 2.49. The largest absolute Gasteiger partial charge is 0.296 e. The number of hydrogen-bond donors (Lipinski definition) is 1. The van der Waals surface area contributed by atoms with Gasteiger partial charge in [-0.25, -0.2) is 5.84 Å². The lowest BCUT2D eigenvalue weighted by Crippen LogP contribution is -2.26. The molecule has 0 aromatic rings. The van der Waals surface area contributed by atoms with E-state index in [9.17, 15) is 0 Å². The maximum atomic E-state index is 5.24. The molecule has 7 heavy (non-hydrogen) atoms. The van der Waals surface area contributed by atoms with E-state index in [2.05, 4.69) is 11.1 Å². The van der Waals surface area contributed by atoms with Gasteiger partial charge in [0.1, 0.15) is 6.67 Å². The first kappa shape index (κ1) is 4.33. The van der Waals surface area contributed by atoms with E-state index in [4.69, 9.17) is 5.84 Å². The third-order valence-electron chi connectivity index (χ3n) is 0.651. The van der Waals surface area contributed by atoms with Gasteiger partial charge >= 0.3 is 0 Å². The zero-order valence-corrected chi connectivity index (χ0v) is 3.83. The summed E-state index contributed by atoms with van der Waals surface area (Å²) in [6.45, 7) is 0.549. The molecule has 1 radical (unpaired) electrons. The van der Waals surface area contributed by atoms with Crippen molar-refractivity contribution in [3.8, 4) is 0 Å². The van der Waals surface area contributed by atoms with Gasteiger partial charge in [0.2, 0.25) is 0 Å². The molecule has 0 bridgehead atoms. The predicted molar refractivity (Wildman–Crippen MR) is 27.2 cm³/mol. The topological polar surface area (TPSA) is 41.6 Å². The van der Waals surface area contributed by atoms with Crippen LogP contribution >= 0.6 is 0 Å². The van der Waals surface area contributed by atoms with Crippen LogP contribution in [0.4, 0.5) is 0 Å². The summed E-state index contributed by atoms with van der Waals surface area (Å²) in [5, 5.41) is 1.46. The van der Waals surface area contributed by atoms with E-state index in [0.717, 1.165) is 0 Å². The lowest BCUT2D eigenvalue weighted by atomic mass is 10.6. The molecule has 37 valence electrons. The molecule has 1 aliphatic rings. The van der Waals surface area contributed by atoms with Crippen molar-refractivity contribution in [2.45, 2.75) is 0 Å². The summed E-state index contributed by atoms with van der Waals surface area (Å²) in [5.74, 6) is 5.24. The second kappa shape index (κ2) is 1.75. The van der Waals surface area contributed by atoms with Crippen molar-refractivity contribution in [2.24, 2.45) is 10.8 Å². The summed E-state index contributed by atoms with van der Waals surface area (Å²) in [5.41, 5.74) is 0. The average molecular weight is 96.1 g/mol. The van der Waals surface area contributed by atoms with E-state index in [1.54, 1.807) is 12.4 Å². The Morgan fingerprint density at radius 1 is 1.86 bits per heavy atom. The predicted octanol–water partition coefficient (Wildman–Crippen LogP) is -0.479. The highest BCUT2D eigenvalue weighted by molar-refractivity contribution is 5.66. The van der Waals surface area contributed by atoms with E-state index >= 15 is 0 Å². The van der Waals surface area contributed by atoms with Crippen LogP contribution in [0.3, 0.4) is 0 Å². The van der Waals surface area contributed by atoms with Gasteiger partial charge in [0, 0.05) is 18.5 Å². The van der Waals surface area contributed by atoms with Crippen molar-refractivity contribution in [1.82, 2.24) is 5.01 Å². The Labute approximate surface area is 42.1 Å². The van der Waals surface area contributed by atoms with E-state index in [0.29, 0.717) is 6.67 Å². The minimum atomic E-state index is 0.549. The SMILES string of the molecule is NN1C=[C]C=NC1. The van der Waals surface area contributed by atoms with Gasteiger partial charge in [-0.15, -0.1) is 0 Å². The summed E-state index contributed by atoms with van der Waals surface area (Å²) in [6.07, 6.45) is 5.97.